The van der Waals surface area contributed by atoms with Gasteiger partial charge in [-0.25, -0.2) is 17.2 Å². The number of anilines is 1. The molecule has 0 heterocycles. The summed E-state index contributed by atoms with van der Waals surface area (Å²) in [6.45, 7) is -0.522. The number of amides is 1. The molecular formula is C19H16F2N2O3S. The Hall–Kier alpha value is -2.84. The maximum atomic E-state index is 13.6. The number of fused-ring (bicyclic) bond motifs is 1. The van der Waals surface area contributed by atoms with Gasteiger partial charge in [0.1, 0.15) is 11.6 Å². The minimum Gasteiger partial charge on any atom is -0.322 e. The summed E-state index contributed by atoms with van der Waals surface area (Å²) in [5.74, 6) is -2.46. The largest absolute Gasteiger partial charge is 0.322 e. The lowest BCUT2D eigenvalue weighted by atomic mass is 10.1. The molecule has 0 aliphatic heterocycles. The lowest BCUT2D eigenvalue weighted by Crippen LogP contribution is -2.35. The molecule has 140 valence electrons. The maximum absolute atomic E-state index is 13.6. The predicted molar refractivity (Wildman–Crippen MR) is 98.8 cm³/mol. The van der Waals surface area contributed by atoms with Gasteiger partial charge in [-0.05, 0) is 35.0 Å². The molecule has 0 fully saturated rings. The molecule has 0 aliphatic carbocycles. The average molecular weight is 390 g/mol. The molecule has 0 spiro atoms. The highest BCUT2D eigenvalue weighted by Crippen LogP contribution is 2.21. The van der Waals surface area contributed by atoms with Crippen LogP contribution in [0.3, 0.4) is 0 Å². The van der Waals surface area contributed by atoms with E-state index in [1.807, 2.05) is 12.1 Å². The smallest absolute Gasteiger partial charge is 0.243 e. The van der Waals surface area contributed by atoms with Crippen LogP contribution in [0.4, 0.5) is 14.5 Å². The van der Waals surface area contributed by atoms with E-state index in [1.165, 1.54) is 19.2 Å². The van der Waals surface area contributed by atoms with E-state index in [1.54, 1.807) is 18.2 Å². The van der Waals surface area contributed by atoms with Gasteiger partial charge in [0, 0.05) is 13.1 Å². The lowest BCUT2D eigenvalue weighted by molar-refractivity contribution is -0.116. The first-order valence-electron chi connectivity index (χ1n) is 7.97. The van der Waals surface area contributed by atoms with Crippen LogP contribution in [0.1, 0.15) is 0 Å². The summed E-state index contributed by atoms with van der Waals surface area (Å²) in [4.78, 5) is 12.1. The zero-order valence-corrected chi connectivity index (χ0v) is 15.1. The summed E-state index contributed by atoms with van der Waals surface area (Å²) < 4.78 is 52.8. The summed E-state index contributed by atoms with van der Waals surface area (Å²) >= 11 is 0. The number of carbonyl (C=O) groups excluding carboxylic acids is 1. The van der Waals surface area contributed by atoms with Crippen LogP contribution in [0.25, 0.3) is 10.8 Å². The molecule has 0 aliphatic rings. The van der Waals surface area contributed by atoms with E-state index in [0.717, 1.165) is 27.2 Å². The first-order chi connectivity index (χ1) is 12.8. The summed E-state index contributed by atoms with van der Waals surface area (Å²) in [6, 6.07) is 14.7. The molecule has 0 saturated carbocycles. The Kier molecular flexibility index (Phi) is 5.20. The van der Waals surface area contributed by atoms with Gasteiger partial charge in [-0.3, -0.25) is 4.79 Å². The van der Waals surface area contributed by atoms with Crippen molar-refractivity contribution in [3.8, 4) is 0 Å². The van der Waals surface area contributed by atoms with Crippen molar-refractivity contribution in [2.75, 3.05) is 18.9 Å². The number of nitrogens with one attached hydrogen (secondary N) is 1. The Labute approximate surface area is 155 Å². The SMILES string of the molecule is CN(CC(=O)Nc1ccc(F)cc1F)S(=O)(=O)c1ccc2ccccc2c1. The highest BCUT2D eigenvalue weighted by Gasteiger charge is 2.23. The predicted octanol–water partition coefficient (Wildman–Crippen LogP) is 3.38. The van der Waals surface area contributed by atoms with Crippen molar-refractivity contribution in [2.45, 2.75) is 4.90 Å². The quantitative estimate of drug-likeness (QED) is 0.726. The van der Waals surface area contributed by atoms with E-state index in [4.69, 9.17) is 0 Å². The van der Waals surface area contributed by atoms with Crippen molar-refractivity contribution < 1.29 is 22.0 Å². The molecule has 27 heavy (non-hydrogen) atoms. The van der Waals surface area contributed by atoms with Crippen molar-refractivity contribution in [2.24, 2.45) is 0 Å². The van der Waals surface area contributed by atoms with Crippen LogP contribution >= 0.6 is 0 Å². The summed E-state index contributed by atoms with van der Waals surface area (Å²) in [5.41, 5.74) is -0.224. The van der Waals surface area contributed by atoms with Crippen LogP contribution < -0.4 is 5.32 Å². The first-order valence-corrected chi connectivity index (χ1v) is 9.41. The Morgan fingerprint density at radius 1 is 1.00 bits per heavy atom. The standard InChI is InChI=1S/C19H16F2N2O3S/c1-23(12-19(24)22-18-9-7-15(20)11-17(18)21)27(25,26)16-8-6-13-4-2-3-5-14(13)10-16/h2-11H,12H2,1H3,(H,22,24). The number of sulfonamides is 1. The molecule has 5 nitrogen and oxygen atoms in total. The Morgan fingerprint density at radius 2 is 1.70 bits per heavy atom. The fourth-order valence-electron chi connectivity index (χ4n) is 2.58. The first kappa shape index (κ1) is 18.9. The monoisotopic (exact) mass is 390 g/mol. The Balaban J connectivity index is 1.76. The molecule has 3 aromatic carbocycles. The summed E-state index contributed by atoms with van der Waals surface area (Å²) in [6.07, 6.45) is 0. The van der Waals surface area contributed by atoms with Crippen LogP contribution in [-0.4, -0.2) is 32.2 Å². The second-order valence-electron chi connectivity index (χ2n) is 5.94. The second kappa shape index (κ2) is 7.42. The van der Waals surface area contributed by atoms with Crippen LogP contribution in [0, 0.1) is 11.6 Å². The minimum absolute atomic E-state index is 0.0458. The zero-order valence-electron chi connectivity index (χ0n) is 14.3. The van der Waals surface area contributed by atoms with Crippen molar-refractivity contribution in [3.63, 3.8) is 0 Å². The van der Waals surface area contributed by atoms with Crippen LogP contribution in [-0.2, 0) is 14.8 Å². The van der Waals surface area contributed by atoms with Gasteiger partial charge in [0.05, 0.1) is 17.1 Å². The number of hydrogen-bond donors (Lipinski definition) is 1. The topological polar surface area (TPSA) is 66.5 Å². The van der Waals surface area contributed by atoms with E-state index in [9.17, 15) is 22.0 Å². The van der Waals surface area contributed by atoms with E-state index in [-0.39, 0.29) is 10.6 Å². The third kappa shape index (κ3) is 4.12. The highest BCUT2D eigenvalue weighted by molar-refractivity contribution is 7.89. The number of nitrogens with zero attached hydrogens (tertiary/aromatic N) is 1. The second-order valence-corrected chi connectivity index (χ2v) is 7.99. The summed E-state index contributed by atoms with van der Waals surface area (Å²) in [5, 5.41) is 3.88. The average Bonchev–Trinajstić information content (AvgIpc) is 2.63. The molecule has 0 radical (unpaired) electrons. The summed E-state index contributed by atoms with van der Waals surface area (Å²) in [7, 11) is -2.66. The molecule has 0 aromatic heterocycles. The molecule has 8 heteroatoms. The number of benzene rings is 3. The van der Waals surface area contributed by atoms with Crippen LogP contribution in [0.15, 0.2) is 65.6 Å². The number of carbonyl (C=O) groups is 1. The van der Waals surface area contributed by atoms with Crippen molar-refractivity contribution >= 4 is 32.4 Å². The van der Waals surface area contributed by atoms with Gasteiger partial charge in [0.25, 0.3) is 0 Å². The van der Waals surface area contributed by atoms with Gasteiger partial charge in [-0.1, -0.05) is 30.3 Å². The third-order valence-electron chi connectivity index (χ3n) is 4.00. The molecule has 1 N–H and O–H groups in total. The Bertz CT molecular complexity index is 1120. The molecule has 3 aromatic rings. The fraction of sp³-hybridized carbons (Fsp3) is 0.105. The third-order valence-corrected chi connectivity index (χ3v) is 5.80. The van der Waals surface area contributed by atoms with Gasteiger partial charge < -0.3 is 5.32 Å². The van der Waals surface area contributed by atoms with E-state index < -0.39 is 34.1 Å². The van der Waals surface area contributed by atoms with Crippen molar-refractivity contribution in [3.05, 3.63) is 72.3 Å². The number of rotatable bonds is 5. The minimum atomic E-state index is -3.92. The normalized spacial score (nSPS) is 11.7. The van der Waals surface area contributed by atoms with E-state index in [0.29, 0.717) is 6.07 Å². The van der Waals surface area contributed by atoms with Gasteiger partial charge in [0.15, 0.2) is 0 Å². The van der Waals surface area contributed by atoms with E-state index >= 15 is 0 Å². The lowest BCUT2D eigenvalue weighted by Gasteiger charge is -2.17. The fourth-order valence-corrected chi connectivity index (χ4v) is 3.74. The van der Waals surface area contributed by atoms with Gasteiger partial charge >= 0.3 is 0 Å². The number of hydrogen-bond acceptors (Lipinski definition) is 3. The maximum Gasteiger partial charge on any atom is 0.243 e. The van der Waals surface area contributed by atoms with Gasteiger partial charge in [0.2, 0.25) is 15.9 Å². The zero-order chi connectivity index (χ0) is 19.6. The molecule has 1 amide bonds. The van der Waals surface area contributed by atoms with Crippen LogP contribution in [0.2, 0.25) is 0 Å². The number of halogens is 2. The molecule has 0 saturated heterocycles. The highest BCUT2D eigenvalue weighted by atomic mass is 32.2. The van der Waals surface area contributed by atoms with Gasteiger partial charge in [-0.2, -0.15) is 4.31 Å². The van der Waals surface area contributed by atoms with Crippen molar-refractivity contribution in [1.82, 2.24) is 4.31 Å². The molecule has 3 rings (SSSR count). The van der Waals surface area contributed by atoms with E-state index in [2.05, 4.69) is 5.32 Å². The van der Waals surface area contributed by atoms with Crippen molar-refractivity contribution in [1.29, 1.82) is 0 Å². The Morgan fingerprint density at radius 3 is 2.41 bits per heavy atom. The van der Waals surface area contributed by atoms with Gasteiger partial charge in [-0.15, -0.1) is 0 Å². The molecule has 0 bridgehead atoms. The molecule has 0 atom stereocenters. The molecule has 0 unspecified atom stereocenters. The molecular weight excluding hydrogens is 374 g/mol. The number of likely N-dealkylation sites (N-methyl/N-ethyl adjacent to an activating group) is 1. The van der Waals surface area contributed by atoms with Crippen LogP contribution in [0.5, 0.6) is 0 Å².